The lowest BCUT2D eigenvalue weighted by Crippen LogP contribution is -2.43. The summed E-state index contributed by atoms with van der Waals surface area (Å²) in [5.41, 5.74) is 3.23. The van der Waals surface area contributed by atoms with Crippen LogP contribution in [0.25, 0.3) is 0 Å². The molecule has 2 heterocycles. The van der Waals surface area contributed by atoms with Crippen LogP contribution in [0.2, 0.25) is 0 Å². The first-order chi connectivity index (χ1) is 14.2. The van der Waals surface area contributed by atoms with Gasteiger partial charge in [0.15, 0.2) is 18.1 Å². The molecule has 1 aromatic carbocycles. The summed E-state index contributed by atoms with van der Waals surface area (Å²) in [5.74, 6) is 0.674. The van der Waals surface area contributed by atoms with Gasteiger partial charge in [-0.15, -0.1) is 11.3 Å². The van der Waals surface area contributed by atoms with Crippen LogP contribution in [0.15, 0.2) is 40.8 Å². The number of thiophene rings is 1. The highest BCUT2D eigenvalue weighted by Crippen LogP contribution is 2.27. The molecular weight excluding hydrogens is 394 g/mol. The van der Waals surface area contributed by atoms with E-state index in [4.69, 9.17) is 14.2 Å². The van der Waals surface area contributed by atoms with Crippen molar-refractivity contribution in [1.82, 2.24) is 10.3 Å². The molecule has 3 rings (SSSR count). The lowest BCUT2D eigenvalue weighted by atomic mass is 10.2. The van der Waals surface area contributed by atoms with E-state index in [0.29, 0.717) is 44.2 Å². The molecule has 1 fully saturated rings. The zero-order valence-corrected chi connectivity index (χ0v) is 16.9. The molecule has 2 amide bonds. The van der Waals surface area contributed by atoms with E-state index in [9.17, 15) is 9.59 Å². The standard InChI is InChI=1S/C20H23N3O5S/c1-26-18-11-15(13-21-22-19(24)12-16-3-2-10-29-16)4-5-17(18)28-14-20(25)23-6-8-27-9-7-23/h2-5,10-11,13H,6-9,12,14H2,1H3,(H,22,24)/b21-13+. The number of carbonyl (C=O) groups excluding carboxylic acids is 2. The van der Waals surface area contributed by atoms with Crippen molar-refractivity contribution in [2.75, 3.05) is 40.0 Å². The lowest BCUT2D eigenvalue weighted by molar-refractivity contribution is -0.137. The monoisotopic (exact) mass is 417 g/mol. The average Bonchev–Trinajstić information content (AvgIpc) is 3.26. The molecule has 0 bridgehead atoms. The fourth-order valence-electron chi connectivity index (χ4n) is 2.72. The van der Waals surface area contributed by atoms with Crippen molar-refractivity contribution in [3.8, 4) is 11.5 Å². The minimum atomic E-state index is -0.183. The zero-order chi connectivity index (χ0) is 20.5. The Labute approximate surface area is 173 Å². The molecule has 9 heteroatoms. The Morgan fingerprint density at radius 2 is 2.10 bits per heavy atom. The van der Waals surface area contributed by atoms with Gasteiger partial charge in [0.25, 0.3) is 5.91 Å². The van der Waals surface area contributed by atoms with Gasteiger partial charge in [-0.3, -0.25) is 9.59 Å². The molecule has 1 N–H and O–H groups in total. The van der Waals surface area contributed by atoms with E-state index < -0.39 is 0 Å². The number of hydrogen-bond acceptors (Lipinski definition) is 7. The highest BCUT2D eigenvalue weighted by atomic mass is 32.1. The smallest absolute Gasteiger partial charge is 0.260 e. The van der Waals surface area contributed by atoms with Crippen LogP contribution in [0.1, 0.15) is 10.4 Å². The average molecular weight is 417 g/mol. The molecule has 1 aliphatic heterocycles. The van der Waals surface area contributed by atoms with Gasteiger partial charge in [-0.25, -0.2) is 5.43 Å². The number of carbonyl (C=O) groups is 2. The van der Waals surface area contributed by atoms with E-state index >= 15 is 0 Å². The maximum absolute atomic E-state index is 12.2. The molecule has 0 saturated carbocycles. The molecule has 2 aromatic rings. The van der Waals surface area contributed by atoms with E-state index in [0.717, 1.165) is 10.4 Å². The summed E-state index contributed by atoms with van der Waals surface area (Å²) >= 11 is 1.53. The molecule has 0 radical (unpaired) electrons. The molecule has 1 aromatic heterocycles. The minimum absolute atomic E-state index is 0.0669. The van der Waals surface area contributed by atoms with Crippen LogP contribution >= 0.6 is 11.3 Å². The third-order valence-corrected chi connectivity index (χ3v) is 5.10. The number of nitrogens with one attached hydrogen (secondary N) is 1. The number of hydrazone groups is 1. The number of benzene rings is 1. The van der Waals surface area contributed by atoms with Gasteiger partial charge in [0, 0.05) is 18.0 Å². The first kappa shape index (κ1) is 20.8. The Hall–Kier alpha value is -2.91. The van der Waals surface area contributed by atoms with E-state index in [1.165, 1.54) is 24.7 Å². The molecular formula is C20H23N3O5S. The van der Waals surface area contributed by atoms with Crippen LogP contribution in [0.5, 0.6) is 11.5 Å². The summed E-state index contributed by atoms with van der Waals surface area (Å²) in [5, 5.41) is 5.90. The molecule has 0 spiro atoms. The van der Waals surface area contributed by atoms with Crippen LogP contribution in [-0.2, 0) is 20.7 Å². The molecule has 1 saturated heterocycles. The molecule has 154 valence electrons. The van der Waals surface area contributed by atoms with Crippen molar-refractivity contribution in [3.05, 3.63) is 46.2 Å². The Morgan fingerprint density at radius 3 is 2.83 bits per heavy atom. The fourth-order valence-corrected chi connectivity index (χ4v) is 3.42. The van der Waals surface area contributed by atoms with Crippen LogP contribution < -0.4 is 14.9 Å². The van der Waals surface area contributed by atoms with Crippen LogP contribution in [0, 0.1) is 0 Å². The fraction of sp³-hybridized carbons (Fsp3) is 0.350. The molecule has 0 unspecified atom stereocenters. The van der Waals surface area contributed by atoms with Gasteiger partial charge in [0.2, 0.25) is 5.91 Å². The van der Waals surface area contributed by atoms with Gasteiger partial charge in [-0.05, 0) is 35.2 Å². The molecule has 0 aliphatic carbocycles. The number of nitrogens with zero attached hydrogens (tertiary/aromatic N) is 2. The topological polar surface area (TPSA) is 89.5 Å². The highest BCUT2D eigenvalue weighted by molar-refractivity contribution is 7.10. The number of rotatable bonds is 8. The second-order valence-corrected chi connectivity index (χ2v) is 7.27. The Kier molecular flexibility index (Phi) is 7.60. The summed E-state index contributed by atoms with van der Waals surface area (Å²) in [7, 11) is 1.52. The molecule has 29 heavy (non-hydrogen) atoms. The molecule has 1 aliphatic rings. The maximum atomic E-state index is 12.2. The van der Waals surface area contributed by atoms with Gasteiger partial charge in [0.1, 0.15) is 0 Å². The first-order valence-corrected chi connectivity index (χ1v) is 10.0. The molecule has 8 nitrogen and oxygen atoms in total. The quantitative estimate of drug-likeness (QED) is 0.522. The third-order valence-electron chi connectivity index (χ3n) is 4.22. The number of amides is 2. The zero-order valence-electron chi connectivity index (χ0n) is 16.1. The first-order valence-electron chi connectivity index (χ1n) is 9.16. The summed E-state index contributed by atoms with van der Waals surface area (Å²) in [4.78, 5) is 26.7. The van der Waals surface area contributed by atoms with Crippen molar-refractivity contribution in [3.63, 3.8) is 0 Å². The van der Waals surface area contributed by atoms with Crippen molar-refractivity contribution >= 4 is 29.4 Å². The van der Waals surface area contributed by atoms with E-state index in [1.54, 1.807) is 23.1 Å². The number of hydrogen-bond donors (Lipinski definition) is 1. The SMILES string of the molecule is COc1cc(/C=N/NC(=O)Cc2cccs2)ccc1OCC(=O)N1CCOCC1. The second-order valence-electron chi connectivity index (χ2n) is 6.24. The second kappa shape index (κ2) is 10.6. The third kappa shape index (κ3) is 6.30. The largest absolute Gasteiger partial charge is 0.493 e. The lowest BCUT2D eigenvalue weighted by Gasteiger charge is -2.26. The Balaban J connectivity index is 1.52. The van der Waals surface area contributed by atoms with Crippen molar-refractivity contribution in [1.29, 1.82) is 0 Å². The Bertz CT molecular complexity index is 848. The highest BCUT2D eigenvalue weighted by Gasteiger charge is 2.18. The van der Waals surface area contributed by atoms with E-state index in [1.807, 2.05) is 17.5 Å². The van der Waals surface area contributed by atoms with E-state index in [-0.39, 0.29) is 18.4 Å². The number of methoxy groups -OCH3 is 1. The van der Waals surface area contributed by atoms with Crippen LogP contribution in [-0.4, -0.2) is 62.9 Å². The summed E-state index contributed by atoms with van der Waals surface area (Å²) in [6.45, 7) is 2.18. The summed E-state index contributed by atoms with van der Waals surface area (Å²) in [6, 6.07) is 9.01. The van der Waals surface area contributed by atoms with Gasteiger partial charge < -0.3 is 19.1 Å². The molecule has 0 atom stereocenters. The number of ether oxygens (including phenoxy) is 3. The van der Waals surface area contributed by atoms with Gasteiger partial charge >= 0.3 is 0 Å². The van der Waals surface area contributed by atoms with Crippen molar-refractivity contribution in [2.24, 2.45) is 5.10 Å². The summed E-state index contributed by atoms with van der Waals surface area (Å²) in [6.07, 6.45) is 1.82. The normalized spacial score (nSPS) is 14.0. The Morgan fingerprint density at radius 1 is 1.28 bits per heavy atom. The maximum Gasteiger partial charge on any atom is 0.260 e. The predicted octanol–water partition coefficient (Wildman–Crippen LogP) is 1.69. The van der Waals surface area contributed by atoms with E-state index in [2.05, 4.69) is 10.5 Å². The van der Waals surface area contributed by atoms with Gasteiger partial charge in [-0.2, -0.15) is 5.10 Å². The van der Waals surface area contributed by atoms with Crippen molar-refractivity contribution in [2.45, 2.75) is 6.42 Å². The minimum Gasteiger partial charge on any atom is -0.493 e. The van der Waals surface area contributed by atoms with Crippen LogP contribution in [0.4, 0.5) is 0 Å². The number of morpholine rings is 1. The van der Waals surface area contributed by atoms with Crippen molar-refractivity contribution < 1.29 is 23.8 Å². The van der Waals surface area contributed by atoms with Crippen LogP contribution in [0.3, 0.4) is 0 Å². The van der Waals surface area contributed by atoms with Gasteiger partial charge in [0.05, 0.1) is 33.0 Å². The summed E-state index contributed by atoms with van der Waals surface area (Å²) < 4.78 is 16.2. The van der Waals surface area contributed by atoms with Gasteiger partial charge in [-0.1, -0.05) is 6.07 Å². The predicted molar refractivity (Wildman–Crippen MR) is 110 cm³/mol.